The SMILES string of the molecule is COc1ccc(S(=O)(=O)N(C)c2cccc(Br)c2)cc1F. The maximum atomic E-state index is 13.7. The Labute approximate surface area is 131 Å². The van der Waals surface area contributed by atoms with Gasteiger partial charge >= 0.3 is 0 Å². The monoisotopic (exact) mass is 373 g/mol. The quantitative estimate of drug-likeness (QED) is 0.824. The highest BCUT2D eigenvalue weighted by atomic mass is 79.9. The van der Waals surface area contributed by atoms with E-state index >= 15 is 0 Å². The maximum Gasteiger partial charge on any atom is 0.264 e. The van der Waals surface area contributed by atoms with Gasteiger partial charge in [0.25, 0.3) is 10.0 Å². The van der Waals surface area contributed by atoms with Crippen molar-refractivity contribution in [2.45, 2.75) is 4.90 Å². The molecular weight excluding hydrogens is 361 g/mol. The van der Waals surface area contributed by atoms with Crippen molar-refractivity contribution in [2.75, 3.05) is 18.5 Å². The van der Waals surface area contributed by atoms with Gasteiger partial charge in [-0.15, -0.1) is 0 Å². The van der Waals surface area contributed by atoms with Crippen LogP contribution in [0.25, 0.3) is 0 Å². The number of hydrogen-bond acceptors (Lipinski definition) is 3. The lowest BCUT2D eigenvalue weighted by Gasteiger charge is -2.20. The topological polar surface area (TPSA) is 46.6 Å². The van der Waals surface area contributed by atoms with Gasteiger partial charge in [-0.3, -0.25) is 4.31 Å². The Morgan fingerprint density at radius 2 is 1.90 bits per heavy atom. The molecule has 0 aliphatic rings. The molecule has 0 aromatic heterocycles. The highest BCUT2D eigenvalue weighted by Gasteiger charge is 2.22. The normalized spacial score (nSPS) is 11.2. The predicted molar refractivity (Wildman–Crippen MR) is 82.7 cm³/mol. The molecule has 2 rings (SSSR count). The van der Waals surface area contributed by atoms with E-state index in [4.69, 9.17) is 4.74 Å². The smallest absolute Gasteiger partial charge is 0.264 e. The van der Waals surface area contributed by atoms with Crippen LogP contribution in [0.4, 0.5) is 10.1 Å². The summed E-state index contributed by atoms with van der Waals surface area (Å²) in [5.41, 5.74) is 0.473. The van der Waals surface area contributed by atoms with Gasteiger partial charge in [0, 0.05) is 11.5 Å². The molecule has 0 heterocycles. The summed E-state index contributed by atoms with van der Waals surface area (Å²) < 4.78 is 45.3. The van der Waals surface area contributed by atoms with Crippen LogP contribution in [0.5, 0.6) is 5.75 Å². The van der Waals surface area contributed by atoms with Crippen LogP contribution >= 0.6 is 15.9 Å². The van der Waals surface area contributed by atoms with Crippen molar-refractivity contribution in [1.29, 1.82) is 0 Å². The molecular formula is C14H13BrFNO3S. The number of anilines is 1. The third-order valence-electron chi connectivity index (χ3n) is 2.95. The predicted octanol–water partition coefficient (Wildman–Crippen LogP) is 3.42. The fourth-order valence-corrected chi connectivity index (χ4v) is 3.36. The van der Waals surface area contributed by atoms with E-state index in [1.54, 1.807) is 24.3 Å². The Hall–Kier alpha value is -1.60. The first-order valence-electron chi connectivity index (χ1n) is 5.94. The van der Waals surface area contributed by atoms with Gasteiger partial charge < -0.3 is 4.74 Å². The van der Waals surface area contributed by atoms with Gasteiger partial charge in [0.15, 0.2) is 11.6 Å². The number of nitrogens with zero attached hydrogens (tertiary/aromatic N) is 1. The molecule has 0 aliphatic carbocycles. The van der Waals surface area contributed by atoms with E-state index in [1.807, 2.05) is 0 Å². The molecule has 2 aromatic carbocycles. The summed E-state index contributed by atoms with van der Waals surface area (Å²) in [7, 11) is -1.10. The van der Waals surface area contributed by atoms with Gasteiger partial charge in [-0.05, 0) is 36.4 Å². The first-order chi connectivity index (χ1) is 9.86. The zero-order valence-corrected chi connectivity index (χ0v) is 13.8. The van der Waals surface area contributed by atoms with Crippen molar-refractivity contribution >= 4 is 31.6 Å². The van der Waals surface area contributed by atoms with Crippen LogP contribution < -0.4 is 9.04 Å². The summed E-state index contributed by atoms with van der Waals surface area (Å²) in [6.45, 7) is 0. The average molecular weight is 374 g/mol. The second kappa shape index (κ2) is 6.03. The van der Waals surface area contributed by atoms with Gasteiger partial charge in [0.1, 0.15) is 0 Å². The molecule has 0 saturated heterocycles. The van der Waals surface area contributed by atoms with E-state index < -0.39 is 15.8 Å². The van der Waals surface area contributed by atoms with E-state index in [9.17, 15) is 12.8 Å². The molecule has 112 valence electrons. The first-order valence-corrected chi connectivity index (χ1v) is 8.17. The van der Waals surface area contributed by atoms with Crippen LogP contribution in [0, 0.1) is 5.82 Å². The van der Waals surface area contributed by atoms with Gasteiger partial charge in [0.05, 0.1) is 17.7 Å². The molecule has 4 nitrogen and oxygen atoms in total. The van der Waals surface area contributed by atoms with Crippen molar-refractivity contribution in [3.05, 3.63) is 52.8 Å². The zero-order valence-electron chi connectivity index (χ0n) is 11.4. The fourth-order valence-electron chi connectivity index (χ4n) is 1.78. The van der Waals surface area contributed by atoms with Crippen molar-refractivity contribution in [3.63, 3.8) is 0 Å². The summed E-state index contributed by atoms with van der Waals surface area (Å²) in [5.74, 6) is -0.722. The van der Waals surface area contributed by atoms with Crippen LogP contribution in [0.3, 0.4) is 0 Å². The summed E-state index contributed by atoms with van der Waals surface area (Å²) in [6, 6.07) is 10.4. The van der Waals surface area contributed by atoms with E-state index in [1.165, 1.54) is 26.3 Å². The molecule has 0 amide bonds. The number of hydrogen-bond donors (Lipinski definition) is 0. The van der Waals surface area contributed by atoms with Crippen molar-refractivity contribution in [1.82, 2.24) is 0 Å². The van der Waals surface area contributed by atoms with Gasteiger partial charge in [0.2, 0.25) is 0 Å². The summed E-state index contributed by atoms with van der Waals surface area (Å²) in [4.78, 5) is -0.136. The number of ether oxygens (including phenoxy) is 1. The van der Waals surface area contributed by atoms with Crippen molar-refractivity contribution in [3.8, 4) is 5.75 Å². The van der Waals surface area contributed by atoms with E-state index in [0.717, 1.165) is 14.8 Å². The number of methoxy groups -OCH3 is 1. The van der Waals surface area contributed by atoms with E-state index in [0.29, 0.717) is 5.69 Å². The Morgan fingerprint density at radius 1 is 1.19 bits per heavy atom. The molecule has 0 radical (unpaired) electrons. The highest BCUT2D eigenvalue weighted by Crippen LogP contribution is 2.27. The number of rotatable bonds is 4. The average Bonchev–Trinajstić information content (AvgIpc) is 2.46. The van der Waals surface area contributed by atoms with Gasteiger partial charge in [-0.1, -0.05) is 22.0 Å². The van der Waals surface area contributed by atoms with Crippen molar-refractivity contribution in [2.24, 2.45) is 0 Å². The van der Waals surface area contributed by atoms with Gasteiger partial charge in [-0.25, -0.2) is 12.8 Å². The second-order valence-electron chi connectivity index (χ2n) is 4.25. The Bertz CT molecular complexity index is 765. The fraction of sp³-hybridized carbons (Fsp3) is 0.143. The standard InChI is InChI=1S/C14H13BrFNO3S/c1-17(11-5-3-4-10(15)8-11)21(18,19)12-6-7-14(20-2)13(16)9-12/h3-9H,1-2H3. The largest absolute Gasteiger partial charge is 0.494 e. The highest BCUT2D eigenvalue weighted by molar-refractivity contribution is 9.10. The van der Waals surface area contributed by atoms with Crippen LogP contribution in [0.15, 0.2) is 51.8 Å². The number of benzene rings is 2. The molecule has 0 N–H and O–H groups in total. The van der Waals surface area contributed by atoms with E-state index in [2.05, 4.69) is 15.9 Å². The Morgan fingerprint density at radius 3 is 2.48 bits per heavy atom. The van der Waals surface area contributed by atoms with Crippen molar-refractivity contribution < 1.29 is 17.5 Å². The molecule has 0 aliphatic heterocycles. The van der Waals surface area contributed by atoms with Gasteiger partial charge in [-0.2, -0.15) is 0 Å². The minimum Gasteiger partial charge on any atom is -0.494 e. The Balaban J connectivity index is 2.44. The molecule has 21 heavy (non-hydrogen) atoms. The minimum absolute atomic E-state index is 0.000872. The molecule has 0 unspecified atom stereocenters. The molecule has 2 aromatic rings. The zero-order chi connectivity index (χ0) is 15.6. The minimum atomic E-state index is -3.84. The summed E-state index contributed by atoms with van der Waals surface area (Å²) in [6.07, 6.45) is 0. The Kier molecular flexibility index (Phi) is 4.53. The van der Waals surface area contributed by atoms with Crippen LogP contribution in [0.1, 0.15) is 0 Å². The summed E-state index contributed by atoms with van der Waals surface area (Å²) >= 11 is 3.29. The third-order valence-corrected chi connectivity index (χ3v) is 5.23. The molecule has 0 bridgehead atoms. The lowest BCUT2D eigenvalue weighted by molar-refractivity contribution is 0.385. The third kappa shape index (κ3) is 3.19. The van der Waals surface area contributed by atoms with Crippen LogP contribution in [-0.2, 0) is 10.0 Å². The molecule has 0 atom stereocenters. The molecule has 0 spiro atoms. The lowest BCUT2D eigenvalue weighted by atomic mass is 10.3. The lowest BCUT2D eigenvalue weighted by Crippen LogP contribution is -2.26. The van der Waals surface area contributed by atoms with Crippen LogP contribution in [0.2, 0.25) is 0 Å². The summed E-state index contributed by atoms with van der Waals surface area (Å²) in [5, 5.41) is 0. The second-order valence-corrected chi connectivity index (χ2v) is 7.13. The first kappa shape index (κ1) is 15.8. The number of sulfonamides is 1. The maximum absolute atomic E-state index is 13.7. The molecule has 7 heteroatoms. The molecule has 0 saturated carbocycles. The number of halogens is 2. The molecule has 0 fully saturated rings. The van der Waals surface area contributed by atoms with E-state index in [-0.39, 0.29) is 10.6 Å². The van der Waals surface area contributed by atoms with Crippen LogP contribution in [-0.4, -0.2) is 22.6 Å².